The van der Waals surface area contributed by atoms with Crippen LogP contribution < -0.4 is 120 Å². The Morgan fingerprint density at radius 1 is 0.650 bits per heavy atom. The predicted molar refractivity (Wildman–Crippen MR) is 167 cm³/mol. The van der Waals surface area contributed by atoms with Crippen molar-refractivity contribution in [3.8, 4) is 0 Å². The summed E-state index contributed by atoms with van der Waals surface area (Å²) in [4.78, 5) is 84.4. The number of carbonyl (C=O) groups is 7. The second-order valence-corrected chi connectivity index (χ2v) is 13.7. The number of aliphatic hydroxyl groups is 8. The number of carboxylic acid groups (broad SMARTS) is 3. The standard InChI is InChI=1S/C31H47N3O23.3Na/c1-10(38)32-19-14(42)5-30(27(48)49,53-16(19)7-35)54-18(9-37)23(45)25-21(34-12(3)40)15(43)6-31(57-25,28(50)51)55-17(8-36)22(44)24-20(33-11(2)39)13(41)4-29(52,56-24)26(46)47;;;/h7,13-25,36-37,41-45,52H,4-6,8-9H2,1-3H3,(H,32,38)(H,33,39)(H,34,40)(H,46,47)(H,48,49)(H,50,51);;;/q;3*+1/p-3/t13-,14-,15-,16?,17?,18?,19+,20+,21+,22+,23+,24?,25?,29+,30-,31+;;;/m0.../s1. The van der Waals surface area contributed by atoms with Crippen LogP contribution in [0.2, 0.25) is 0 Å². The molecule has 5 unspecified atom stereocenters. The van der Waals surface area contributed by atoms with Gasteiger partial charge in [0.25, 0.3) is 0 Å². The van der Waals surface area contributed by atoms with Gasteiger partial charge in [-0.1, -0.05) is 0 Å². The number of aliphatic carboxylic acids is 3. The molecule has 3 rings (SSSR count). The van der Waals surface area contributed by atoms with Crippen molar-refractivity contribution in [2.45, 2.75) is 137 Å². The van der Waals surface area contributed by atoms with Gasteiger partial charge in [-0.15, -0.1) is 0 Å². The van der Waals surface area contributed by atoms with Gasteiger partial charge in [0.15, 0.2) is 6.29 Å². The van der Waals surface area contributed by atoms with Crippen LogP contribution in [-0.2, 0) is 57.2 Å². The second-order valence-electron chi connectivity index (χ2n) is 13.7. The van der Waals surface area contributed by atoms with Gasteiger partial charge in [-0.25, -0.2) is 0 Å². The number of aliphatic hydroxyl groups excluding tert-OH is 7. The van der Waals surface area contributed by atoms with E-state index in [1.54, 1.807) is 0 Å². The zero-order valence-electron chi connectivity index (χ0n) is 33.3. The van der Waals surface area contributed by atoms with E-state index in [1.807, 2.05) is 0 Å². The number of amides is 3. The molecule has 3 fully saturated rings. The van der Waals surface area contributed by atoms with E-state index in [2.05, 4.69) is 16.0 Å². The molecule has 0 aromatic carbocycles. The Morgan fingerprint density at radius 3 is 1.35 bits per heavy atom. The number of carboxylic acids is 3. The number of ether oxygens (including phenoxy) is 5. The maximum absolute atomic E-state index is 12.8. The van der Waals surface area contributed by atoms with Crippen molar-refractivity contribution < 1.29 is 202 Å². The molecule has 11 N–H and O–H groups in total. The summed E-state index contributed by atoms with van der Waals surface area (Å²) < 4.78 is 26.6. The zero-order valence-corrected chi connectivity index (χ0v) is 39.3. The van der Waals surface area contributed by atoms with Crippen LogP contribution in [0.1, 0.15) is 40.0 Å². The van der Waals surface area contributed by atoms with Crippen LogP contribution in [0.5, 0.6) is 0 Å². The summed E-state index contributed by atoms with van der Waals surface area (Å²) in [5.41, 5.74) is 0. The van der Waals surface area contributed by atoms with E-state index >= 15 is 0 Å². The minimum Gasteiger partial charge on any atom is -0.544 e. The van der Waals surface area contributed by atoms with Gasteiger partial charge >= 0.3 is 88.7 Å². The van der Waals surface area contributed by atoms with Gasteiger partial charge in [-0.2, -0.15) is 0 Å². The van der Waals surface area contributed by atoms with Crippen molar-refractivity contribution in [1.82, 2.24) is 16.0 Å². The molecule has 324 valence electrons. The third-order valence-electron chi connectivity index (χ3n) is 9.39. The van der Waals surface area contributed by atoms with Crippen LogP contribution >= 0.6 is 0 Å². The molecule has 3 saturated heterocycles. The molecular formula is C31H44N3Na3O23. The fraction of sp³-hybridized carbons (Fsp3) is 0.774. The quantitative estimate of drug-likeness (QED) is 0.0477. The summed E-state index contributed by atoms with van der Waals surface area (Å²) >= 11 is 0. The summed E-state index contributed by atoms with van der Waals surface area (Å²) in [5, 5.41) is 130. The molecule has 0 spiro atoms. The van der Waals surface area contributed by atoms with Crippen LogP contribution in [0.4, 0.5) is 0 Å². The van der Waals surface area contributed by atoms with Gasteiger partial charge in [0.2, 0.25) is 35.1 Å². The van der Waals surface area contributed by atoms with Crippen LogP contribution in [0.15, 0.2) is 0 Å². The first-order valence-corrected chi connectivity index (χ1v) is 17.1. The number of aldehydes is 1. The average molecular weight is 896 g/mol. The largest absolute Gasteiger partial charge is 1.00 e. The van der Waals surface area contributed by atoms with Gasteiger partial charge in [0.05, 0.1) is 49.7 Å². The van der Waals surface area contributed by atoms with E-state index in [9.17, 15) is 89.7 Å². The Balaban J connectivity index is 0.0000116. The molecule has 0 aromatic heterocycles. The Kier molecular flexibility index (Phi) is 23.9. The van der Waals surface area contributed by atoms with Crippen molar-refractivity contribution >= 4 is 41.9 Å². The first-order chi connectivity index (χ1) is 26.4. The first kappa shape index (κ1) is 59.0. The molecule has 3 heterocycles. The molecular weight excluding hydrogens is 851 g/mol. The third kappa shape index (κ3) is 13.5. The Hall–Kier alpha value is -1.03. The fourth-order valence-electron chi connectivity index (χ4n) is 6.80. The van der Waals surface area contributed by atoms with Crippen molar-refractivity contribution in [3.63, 3.8) is 0 Å². The monoisotopic (exact) mass is 895 g/mol. The van der Waals surface area contributed by atoms with Crippen molar-refractivity contribution in [1.29, 1.82) is 0 Å². The van der Waals surface area contributed by atoms with Crippen LogP contribution in [-0.4, -0.2) is 193 Å². The van der Waals surface area contributed by atoms with Gasteiger partial charge < -0.3 is 115 Å². The van der Waals surface area contributed by atoms with E-state index in [4.69, 9.17) is 23.7 Å². The summed E-state index contributed by atoms with van der Waals surface area (Å²) in [6.07, 6.45) is -26.1. The fourth-order valence-corrected chi connectivity index (χ4v) is 6.80. The smallest absolute Gasteiger partial charge is 0.544 e. The van der Waals surface area contributed by atoms with Crippen LogP contribution in [0.25, 0.3) is 0 Å². The number of rotatable bonds is 17. The van der Waals surface area contributed by atoms with E-state index in [0.717, 1.165) is 20.8 Å². The Bertz CT molecular complexity index is 1540. The molecule has 0 radical (unpaired) electrons. The van der Waals surface area contributed by atoms with E-state index < -0.39 is 165 Å². The van der Waals surface area contributed by atoms with Gasteiger partial charge in [-0.3, -0.25) is 14.4 Å². The molecule has 3 aliphatic heterocycles. The normalized spacial score (nSPS) is 35.8. The SMILES string of the molecule is CC(=O)N[C@H]1C(C=O)O[C@@](OC(CO)[C@@H](O)C2O[C@@](OC(CO)[C@@H](O)C3O[C@@](O)(C(=O)[O-])C[C@H](O)[C@H]3NC(C)=O)(C(=O)[O-])C[C@H](O)[C@H]2NC(C)=O)(C(=O)[O-])C[C@@H]1O.[Na+].[Na+].[Na+]. The van der Waals surface area contributed by atoms with E-state index in [0.29, 0.717) is 0 Å². The predicted octanol–water partition coefficient (Wildman–Crippen LogP) is -21.0. The molecule has 26 nitrogen and oxygen atoms in total. The number of hydrogen-bond acceptors (Lipinski definition) is 23. The summed E-state index contributed by atoms with van der Waals surface area (Å²) in [7, 11) is 0. The van der Waals surface area contributed by atoms with Crippen LogP contribution in [0.3, 0.4) is 0 Å². The summed E-state index contributed by atoms with van der Waals surface area (Å²) in [5.74, 6) is -19.6. The molecule has 3 aliphatic rings. The molecule has 0 aromatic rings. The third-order valence-corrected chi connectivity index (χ3v) is 9.39. The molecule has 3 amide bonds. The van der Waals surface area contributed by atoms with Gasteiger partial charge in [0.1, 0.15) is 60.6 Å². The summed E-state index contributed by atoms with van der Waals surface area (Å²) in [6, 6.07) is -5.21. The number of hydrogen-bond donors (Lipinski definition) is 11. The number of nitrogens with one attached hydrogen (secondary N) is 3. The Morgan fingerprint density at radius 2 is 1.00 bits per heavy atom. The Labute approximate surface area is 406 Å². The first-order valence-electron chi connectivity index (χ1n) is 17.1. The minimum atomic E-state index is -3.44. The maximum Gasteiger partial charge on any atom is 1.00 e. The maximum atomic E-state index is 12.8. The van der Waals surface area contributed by atoms with Crippen molar-refractivity contribution in [2.75, 3.05) is 13.2 Å². The molecule has 0 bridgehead atoms. The molecule has 0 saturated carbocycles. The van der Waals surface area contributed by atoms with E-state index in [1.165, 1.54) is 0 Å². The molecule has 16 atom stereocenters. The number of carbonyl (C=O) groups excluding carboxylic acids is 7. The topological polar surface area (TPSA) is 433 Å². The minimum absolute atomic E-state index is 0. The van der Waals surface area contributed by atoms with Crippen molar-refractivity contribution in [3.05, 3.63) is 0 Å². The molecule has 60 heavy (non-hydrogen) atoms. The van der Waals surface area contributed by atoms with Gasteiger partial charge in [-0.05, 0) is 0 Å². The van der Waals surface area contributed by atoms with Crippen molar-refractivity contribution in [2.24, 2.45) is 0 Å². The zero-order chi connectivity index (χ0) is 43.4. The second kappa shape index (κ2) is 24.3. The van der Waals surface area contributed by atoms with Gasteiger partial charge in [0, 0.05) is 40.0 Å². The summed E-state index contributed by atoms with van der Waals surface area (Å²) in [6.45, 7) is -0.0432. The van der Waals surface area contributed by atoms with Crippen LogP contribution in [0, 0.1) is 0 Å². The molecule has 29 heteroatoms. The molecule has 0 aliphatic carbocycles. The average Bonchev–Trinajstić information content (AvgIpc) is 3.11. The van der Waals surface area contributed by atoms with E-state index in [-0.39, 0.29) is 95.0 Å².